The Morgan fingerprint density at radius 2 is 2.00 bits per heavy atom. The van der Waals surface area contributed by atoms with Crippen LogP contribution in [0.25, 0.3) is 0 Å². The minimum absolute atomic E-state index is 0.593. The van der Waals surface area contributed by atoms with Gasteiger partial charge in [-0.15, -0.1) is 0 Å². The third-order valence-electron chi connectivity index (χ3n) is 2.03. The van der Waals surface area contributed by atoms with Crippen molar-refractivity contribution in [3.05, 3.63) is 35.9 Å². The van der Waals surface area contributed by atoms with E-state index in [4.69, 9.17) is 11.7 Å². The lowest BCUT2D eigenvalue weighted by atomic mass is 10.2. The maximum Gasteiger partial charge on any atom is 0.137 e. The molecule has 0 atom stereocenters. The van der Waals surface area contributed by atoms with Crippen molar-refractivity contribution in [2.75, 3.05) is 6.54 Å². The van der Waals surface area contributed by atoms with Crippen LogP contribution in [0.3, 0.4) is 0 Å². The number of hydrogen-bond donors (Lipinski definition) is 4. The van der Waals surface area contributed by atoms with E-state index in [0.29, 0.717) is 12.3 Å². The summed E-state index contributed by atoms with van der Waals surface area (Å²) in [4.78, 5) is 0. The van der Waals surface area contributed by atoms with E-state index in [1.165, 1.54) is 5.56 Å². The minimum Gasteiger partial charge on any atom is -0.322 e. The van der Waals surface area contributed by atoms with Gasteiger partial charge in [0.05, 0.1) is 0 Å². The number of nitrogens with zero attached hydrogens (tertiary/aromatic N) is 1. The molecule has 1 rings (SSSR count). The fourth-order valence-electron chi connectivity index (χ4n) is 1.21. The van der Waals surface area contributed by atoms with E-state index in [2.05, 4.69) is 28.0 Å². The van der Waals surface area contributed by atoms with Crippen LogP contribution in [0, 0.1) is 0 Å². The van der Waals surface area contributed by atoms with Crippen molar-refractivity contribution >= 4 is 5.84 Å². The van der Waals surface area contributed by atoms with Crippen molar-refractivity contribution in [1.82, 2.24) is 10.7 Å². The smallest absolute Gasteiger partial charge is 0.137 e. The first-order chi connectivity index (χ1) is 7.36. The predicted octanol–water partition coefficient (Wildman–Crippen LogP) is -0.0982. The van der Waals surface area contributed by atoms with E-state index in [1.807, 2.05) is 18.2 Å². The van der Waals surface area contributed by atoms with Gasteiger partial charge in [-0.25, -0.2) is 5.84 Å². The highest BCUT2D eigenvalue weighted by atomic mass is 15.3. The van der Waals surface area contributed by atoms with Crippen LogP contribution < -0.4 is 22.4 Å². The fourth-order valence-corrected chi connectivity index (χ4v) is 1.21. The predicted molar refractivity (Wildman–Crippen MR) is 61.7 cm³/mol. The van der Waals surface area contributed by atoms with Crippen LogP contribution in [-0.4, -0.2) is 12.4 Å². The topological polar surface area (TPSA) is 88.5 Å². The summed E-state index contributed by atoms with van der Waals surface area (Å²) in [6, 6.07) is 10.2. The van der Waals surface area contributed by atoms with E-state index in [1.54, 1.807) is 0 Å². The number of amidine groups is 1. The Morgan fingerprint density at radius 1 is 1.27 bits per heavy atom. The molecule has 1 aromatic carbocycles. The molecule has 0 amide bonds. The lowest BCUT2D eigenvalue weighted by Crippen LogP contribution is -2.33. The maximum absolute atomic E-state index is 5.19. The third kappa shape index (κ3) is 4.44. The molecule has 0 fully saturated rings. The second-order valence-corrected chi connectivity index (χ2v) is 3.13. The average molecular weight is 207 g/mol. The molecular formula is C10H17N5. The Hall–Kier alpha value is -1.59. The highest BCUT2D eigenvalue weighted by Gasteiger charge is 1.95. The van der Waals surface area contributed by atoms with E-state index < -0.39 is 0 Å². The molecule has 15 heavy (non-hydrogen) atoms. The number of hydrogen-bond acceptors (Lipinski definition) is 4. The SMILES string of the molecule is N/N=C(/CCNCc1ccccc1)NN. The largest absolute Gasteiger partial charge is 0.322 e. The van der Waals surface area contributed by atoms with Gasteiger partial charge >= 0.3 is 0 Å². The van der Waals surface area contributed by atoms with Gasteiger partial charge in [0, 0.05) is 19.5 Å². The Bertz CT molecular complexity index is 296. The summed E-state index contributed by atoms with van der Waals surface area (Å²) in [5, 5.41) is 6.76. The molecule has 1 aromatic rings. The summed E-state index contributed by atoms with van der Waals surface area (Å²) in [7, 11) is 0. The quantitative estimate of drug-likeness (QED) is 0.178. The molecule has 5 heteroatoms. The van der Waals surface area contributed by atoms with Crippen molar-refractivity contribution < 1.29 is 0 Å². The second-order valence-electron chi connectivity index (χ2n) is 3.13. The zero-order valence-electron chi connectivity index (χ0n) is 8.61. The van der Waals surface area contributed by atoms with Crippen LogP contribution in [0.1, 0.15) is 12.0 Å². The highest BCUT2D eigenvalue weighted by Crippen LogP contribution is 1.96. The van der Waals surface area contributed by atoms with Crippen molar-refractivity contribution in [3.63, 3.8) is 0 Å². The minimum atomic E-state index is 0.593. The van der Waals surface area contributed by atoms with Crippen LogP contribution in [0.4, 0.5) is 0 Å². The van der Waals surface area contributed by atoms with Crippen molar-refractivity contribution in [1.29, 1.82) is 0 Å². The van der Waals surface area contributed by atoms with Crippen molar-refractivity contribution in [2.24, 2.45) is 16.8 Å². The summed E-state index contributed by atoms with van der Waals surface area (Å²) in [6.45, 7) is 1.62. The fraction of sp³-hybridized carbons (Fsp3) is 0.300. The highest BCUT2D eigenvalue weighted by molar-refractivity contribution is 5.81. The molecule has 5 nitrogen and oxygen atoms in total. The van der Waals surface area contributed by atoms with Crippen LogP contribution in [0.2, 0.25) is 0 Å². The number of rotatable bonds is 5. The molecule has 0 unspecified atom stereocenters. The molecule has 0 aliphatic heterocycles. The Balaban J connectivity index is 2.17. The Kier molecular flexibility index (Phi) is 5.21. The van der Waals surface area contributed by atoms with E-state index in [9.17, 15) is 0 Å². The number of hydrazone groups is 1. The van der Waals surface area contributed by atoms with Gasteiger partial charge < -0.3 is 16.6 Å². The second kappa shape index (κ2) is 6.80. The number of nitrogens with two attached hydrogens (primary N) is 2. The first kappa shape index (κ1) is 11.5. The van der Waals surface area contributed by atoms with E-state index in [-0.39, 0.29) is 0 Å². The summed E-state index contributed by atoms with van der Waals surface area (Å²) >= 11 is 0. The molecule has 0 saturated carbocycles. The van der Waals surface area contributed by atoms with E-state index in [0.717, 1.165) is 13.1 Å². The van der Waals surface area contributed by atoms with Gasteiger partial charge in [-0.3, -0.25) is 0 Å². The lowest BCUT2D eigenvalue weighted by molar-refractivity contribution is 0.696. The first-order valence-corrected chi connectivity index (χ1v) is 4.85. The van der Waals surface area contributed by atoms with E-state index >= 15 is 0 Å². The molecule has 0 saturated heterocycles. The van der Waals surface area contributed by atoms with Gasteiger partial charge in [-0.1, -0.05) is 30.3 Å². The lowest BCUT2D eigenvalue weighted by Gasteiger charge is -2.06. The van der Waals surface area contributed by atoms with Crippen LogP contribution in [0.15, 0.2) is 35.4 Å². The molecular weight excluding hydrogens is 190 g/mol. The van der Waals surface area contributed by atoms with Gasteiger partial charge in [-0.2, -0.15) is 5.10 Å². The standard InChI is InChI=1S/C10H17N5/c11-14-10(15-12)6-7-13-8-9-4-2-1-3-5-9/h1-5,13H,6-8,11-12H2,(H,14,15). The molecule has 0 bridgehead atoms. The zero-order valence-corrected chi connectivity index (χ0v) is 8.61. The summed E-state index contributed by atoms with van der Waals surface area (Å²) in [5.41, 5.74) is 3.69. The monoisotopic (exact) mass is 207 g/mol. The number of benzene rings is 1. The Labute approximate surface area is 89.5 Å². The van der Waals surface area contributed by atoms with Gasteiger partial charge in [0.15, 0.2) is 0 Å². The Morgan fingerprint density at radius 3 is 2.60 bits per heavy atom. The van der Waals surface area contributed by atoms with Crippen molar-refractivity contribution in [2.45, 2.75) is 13.0 Å². The normalized spacial score (nSPS) is 11.4. The molecule has 0 heterocycles. The summed E-state index contributed by atoms with van der Waals surface area (Å²) in [6.07, 6.45) is 0.694. The molecule has 6 N–H and O–H groups in total. The summed E-state index contributed by atoms with van der Waals surface area (Å²) < 4.78 is 0. The molecule has 0 spiro atoms. The zero-order chi connectivity index (χ0) is 10.9. The molecule has 0 aliphatic carbocycles. The van der Waals surface area contributed by atoms with Crippen LogP contribution in [0.5, 0.6) is 0 Å². The maximum atomic E-state index is 5.19. The van der Waals surface area contributed by atoms with Gasteiger partial charge in [0.2, 0.25) is 0 Å². The summed E-state index contributed by atoms with van der Waals surface area (Å²) in [5.74, 6) is 10.9. The van der Waals surface area contributed by atoms with Gasteiger partial charge in [0.1, 0.15) is 5.84 Å². The third-order valence-corrected chi connectivity index (χ3v) is 2.03. The number of nitrogens with one attached hydrogen (secondary N) is 2. The van der Waals surface area contributed by atoms with Crippen molar-refractivity contribution in [3.8, 4) is 0 Å². The molecule has 0 radical (unpaired) electrons. The first-order valence-electron chi connectivity index (χ1n) is 4.85. The van der Waals surface area contributed by atoms with Crippen LogP contribution >= 0.6 is 0 Å². The molecule has 82 valence electrons. The number of hydrazine groups is 1. The van der Waals surface area contributed by atoms with Crippen LogP contribution in [-0.2, 0) is 6.54 Å². The molecule has 0 aromatic heterocycles. The van der Waals surface area contributed by atoms with Gasteiger partial charge in [-0.05, 0) is 5.56 Å². The van der Waals surface area contributed by atoms with Gasteiger partial charge in [0.25, 0.3) is 0 Å². The molecule has 0 aliphatic rings. The average Bonchev–Trinajstić information content (AvgIpc) is 2.31.